The zero-order valence-corrected chi connectivity index (χ0v) is 18.4. The van der Waals surface area contributed by atoms with Crippen molar-refractivity contribution in [1.29, 1.82) is 5.26 Å². The Labute approximate surface area is 187 Å². The van der Waals surface area contributed by atoms with Gasteiger partial charge in [-0.1, -0.05) is 29.8 Å². The highest BCUT2D eigenvalue weighted by Crippen LogP contribution is 2.31. The molecule has 0 saturated heterocycles. The molecule has 0 atom stereocenters. The molecule has 1 aromatic heterocycles. The van der Waals surface area contributed by atoms with Crippen molar-refractivity contribution in [2.24, 2.45) is 0 Å². The standard InChI is InChI=1S/C25H23FN4.CH2O/c1-17-5-4-6-18(11-17)15-28-25(2,3)23-12-19(14-27)13-24-22(23)16-29-30(24)21-9-7-20(26)8-10-21;1-2/h4-13,16,28H,15H2,1-3H3;1H2. The summed E-state index contributed by atoms with van der Waals surface area (Å²) in [4.78, 5) is 8.00. The molecule has 0 unspecified atom stereocenters. The van der Waals surface area contributed by atoms with Gasteiger partial charge in [0.05, 0.1) is 29.0 Å². The number of carbonyl (C=O) groups is 1. The van der Waals surface area contributed by atoms with E-state index >= 15 is 0 Å². The van der Waals surface area contributed by atoms with Gasteiger partial charge >= 0.3 is 0 Å². The van der Waals surface area contributed by atoms with E-state index in [2.05, 4.69) is 61.5 Å². The lowest BCUT2D eigenvalue weighted by atomic mass is 9.89. The summed E-state index contributed by atoms with van der Waals surface area (Å²) < 4.78 is 15.1. The van der Waals surface area contributed by atoms with Crippen molar-refractivity contribution in [2.75, 3.05) is 0 Å². The van der Waals surface area contributed by atoms with Gasteiger partial charge in [-0.25, -0.2) is 9.07 Å². The molecule has 0 saturated carbocycles. The third-order valence-corrected chi connectivity index (χ3v) is 5.38. The van der Waals surface area contributed by atoms with E-state index in [-0.39, 0.29) is 5.82 Å². The molecule has 0 spiro atoms. The molecule has 1 N–H and O–H groups in total. The van der Waals surface area contributed by atoms with Crippen LogP contribution in [0.3, 0.4) is 0 Å². The Morgan fingerprint density at radius 1 is 1.12 bits per heavy atom. The quantitative estimate of drug-likeness (QED) is 0.475. The maximum Gasteiger partial charge on any atom is 0.123 e. The number of nitriles is 1. The molecule has 1 heterocycles. The molecular formula is C26H25FN4O. The largest absolute Gasteiger partial charge is 0.307 e. The van der Waals surface area contributed by atoms with Gasteiger partial charge in [0, 0.05) is 17.5 Å². The molecule has 4 rings (SSSR count). The van der Waals surface area contributed by atoms with Crippen molar-refractivity contribution in [3.8, 4) is 11.8 Å². The van der Waals surface area contributed by atoms with Crippen LogP contribution in [0, 0.1) is 24.1 Å². The van der Waals surface area contributed by atoms with Crippen molar-refractivity contribution in [3.05, 3.63) is 94.9 Å². The number of aryl methyl sites for hydroxylation is 1. The summed E-state index contributed by atoms with van der Waals surface area (Å²) in [6, 6.07) is 20.6. The molecule has 32 heavy (non-hydrogen) atoms. The topological polar surface area (TPSA) is 70.7 Å². The third kappa shape index (κ3) is 4.74. The number of hydrogen-bond donors (Lipinski definition) is 1. The van der Waals surface area contributed by atoms with E-state index in [4.69, 9.17) is 4.79 Å². The maximum absolute atomic E-state index is 13.3. The Kier molecular flexibility index (Phi) is 6.82. The summed E-state index contributed by atoms with van der Waals surface area (Å²) in [5.41, 5.74) is 5.16. The number of rotatable bonds is 5. The molecule has 0 aliphatic carbocycles. The smallest absolute Gasteiger partial charge is 0.123 e. The maximum atomic E-state index is 13.3. The molecule has 0 radical (unpaired) electrons. The Hall–Kier alpha value is -3.82. The van der Waals surface area contributed by atoms with Crippen molar-refractivity contribution < 1.29 is 9.18 Å². The first-order chi connectivity index (χ1) is 15.4. The second kappa shape index (κ2) is 9.54. The molecule has 0 fully saturated rings. The van der Waals surface area contributed by atoms with Crippen LogP contribution >= 0.6 is 0 Å². The van der Waals surface area contributed by atoms with Gasteiger partial charge < -0.3 is 10.1 Å². The lowest BCUT2D eigenvalue weighted by molar-refractivity contribution is -0.0979. The lowest BCUT2D eigenvalue weighted by Crippen LogP contribution is -2.36. The second-order valence-electron chi connectivity index (χ2n) is 8.07. The van der Waals surface area contributed by atoms with E-state index in [1.165, 1.54) is 23.3 Å². The molecule has 6 heteroatoms. The fourth-order valence-corrected chi connectivity index (χ4v) is 3.74. The molecule has 0 aliphatic heterocycles. The summed E-state index contributed by atoms with van der Waals surface area (Å²) in [5.74, 6) is -0.296. The van der Waals surface area contributed by atoms with Crippen molar-refractivity contribution in [3.63, 3.8) is 0 Å². The minimum absolute atomic E-state index is 0.296. The molecule has 3 aromatic carbocycles. The van der Waals surface area contributed by atoms with Crippen LogP contribution in [0.5, 0.6) is 0 Å². The van der Waals surface area contributed by atoms with E-state index in [1.807, 2.05) is 25.1 Å². The number of carbonyl (C=O) groups excluding carboxylic acids is 1. The summed E-state index contributed by atoms with van der Waals surface area (Å²) >= 11 is 0. The van der Waals surface area contributed by atoms with E-state index in [0.29, 0.717) is 12.1 Å². The number of benzene rings is 3. The van der Waals surface area contributed by atoms with Gasteiger partial charge in [0.1, 0.15) is 12.6 Å². The third-order valence-electron chi connectivity index (χ3n) is 5.38. The van der Waals surface area contributed by atoms with Crippen LogP contribution in [0.15, 0.2) is 66.9 Å². The van der Waals surface area contributed by atoms with Crippen LogP contribution in [-0.2, 0) is 16.9 Å². The van der Waals surface area contributed by atoms with Gasteiger partial charge in [-0.15, -0.1) is 0 Å². The average Bonchev–Trinajstić information content (AvgIpc) is 3.23. The fraction of sp³-hybridized carbons (Fsp3) is 0.192. The first-order valence-electron chi connectivity index (χ1n) is 10.1. The van der Waals surface area contributed by atoms with Crippen LogP contribution in [0.25, 0.3) is 16.6 Å². The van der Waals surface area contributed by atoms with Gasteiger partial charge in [0.15, 0.2) is 0 Å². The van der Waals surface area contributed by atoms with Crippen molar-refractivity contribution in [2.45, 2.75) is 32.9 Å². The van der Waals surface area contributed by atoms with Gasteiger partial charge in [-0.2, -0.15) is 10.4 Å². The van der Waals surface area contributed by atoms with E-state index in [9.17, 15) is 9.65 Å². The number of hydrogen-bond acceptors (Lipinski definition) is 4. The van der Waals surface area contributed by atoms with Gasteiger partial charge in [0.2, 0.25) is 0 Å². The highest BCUT2D eigenvalue weighted by molar-refractivity contribution is 5.86. The van der Waals surface area contributed by atoms with Crippen LogP contribution < -0.4 is 5.32 Å². The van der Waals surface area contributed by atoms with Crippen molar-refractivity contribution in [1.82, 2.24) is 15.1 Å². The number of nitrogens with zero attached hydrogens (tertiary/aromatic N) is 3. The molecule has 4 aromatic rings. The molecular weight excluding hydrogens is 403 g/mol. The summed E-state index contributed by atoms with van der Waals surface area (Å²) in [5, 5.41) is 18.7. The summed E-state index contributed by atoms with van der Waals surface area (Å²) in [6.07, 6.45) is 1.81. The predicted octanol–water partition coefficient (Wildman–Crippen LogP) is 5.18. The van der Waals surface area contributed by atoms with E-state index < -0.39 is 5.54 Å². The number of nitrogens with one attached hydrogen (secondary N) is 1. The lowest BCUT2D eigenvalue weighted by Gasteiger charge is -2.28. The van der Waals surface area contributed by atoms with Crippen LogP contribution in [0.1, 0.15) is 36.1 Å². The van der Waals surface area contributed by atoms with Gasteiger partial charge in [-0.05, 0) is 68.3 Å². The minimum atomic E-state index is -0.397. The predicted molar refractivity (Wildman–Crippen MR) is 124 cm³/mol. The van der Waals surface area contributed by atoms with E-state index in [1.54, 1.807) is 16.8 Å². The number of fused-ring (bicyclic) bond motifs is 1. The monoisotopic (exact) mass is 428 g/mol. The number of aromatic nitrogens is 2. The van der Waals surface area contributed by atoms with Gasteiger partial charge in [0.25, 0.3) is 0 Å². The average molecular weight is 429 g/mol. The fourth-order valence-electron chi connectivity index (χ4n) is 3.74. The zero-order valence-electron chi connectivity index (χ0n) is 18.4. The summed E-state index contributed by atoms with van der Waals surface area (Å²) in [6.45, 7) is 9.00. The zero-order chi connectivity index (χ0) is 23.3. The van der Waals surface area contributed by atoms with Gasteiger partial charge in [-0.3, -0.25) is 0 Å². The highest BCUT2D eigenvalue weighted by atomic mass is 19.1. The minimum Gasteiger partial charge on any atom is -0.307 e. The van der Waals surface area contributed by atoms with E-state index in [0.717, 1.165) is 22.2 Å². The Morgan fingerprint density at radius 3 is 2.50 bits per heavy atom. The van der Waals surface area contributed by atoms with Crippen LogP contribution in [-0.4, -0.2) is 16.6 Å². The Bertz CT molecular complexity index is 1270. The SMILES string of the molecule is C=O.Cc1cccc(CNC(C)(C)c2cc(C#N)cc3c2cnn3-c2ccc(F)cc2)c1. The molecule has 162 valence electrons. The van der Waals surface area contributed by atoms with Crippen molar-refractivity contribution >= 4 is 17.7 Å². The second-order valence-corrected chi connectivity index (χ2v) is 8.07. The normalized spacial score (nSPS) is 11.0. The Balaban J connectivity index is 0.00000141. The number of halogens is 1. The molecule has 5 nitrogen and oxygen atoms in total. The highest BCUT2D eigenvalue weighted by Gasteiger charge is 2.25. The van der Waals surface area contributed by atoms with Crippen LogP contribution in [0.2, 0.25) is 0 Å². The molecule has 0 amide bonds. The first kappa shape index (κ1) is 22.9. The first-order valence-corrected chi connectivity index (χ1v) is 10.1. The van der Waals surface area contributed by atoms with Crippen LogP contribution in [0.4, 0.5) is 4.39 Å². The molecule has 0 aliphatic rings. The Morgan fingerprint density at radius 2 is 1.84 bits per heavy atom. The summed E-state index contributed by atoms with van der Waals surface area (Å²) in [7, 11) is 0. The molecule has 0 bridgehead atoms.